The predicted octanol–water partition coefficient (Wildman–Crippen LogP) is 3.70. The molecule has 0 aliphatic heterocycles. The first-order valence-corrected chi connectivity index (χ1v) is 6.84. The molecule has 0 fully saturated rings. The highest BCUT2D eigenvalue weighted by Gasteiger charge is 2.15. The summed E-state index contributed by atoms with van der Waals surface area (Å²) in [5, 5.41) is 0. The van der Waals surface area contributed by atoms with Gasteiger partial charge in [-0.3, -0.25) is 4.79 Å². The standard InChI is InChI=1S/C15H15BrN2O/c1-2-18(14-5-3-4-13(17)10-14)15(19)11-6-8-12(16)9-7-11/h3-10H,2,17H2,1H3. The van der Waals surface area contributed by atoms with Crippen molar-refractivity contribution in [3.05, 3.63) is 58.6 Å². The van der Waals surface area contributed by atoms with Gasteiger partial charge in [0.15, 0.2) is 0 Å². The number of amides is 1. The van der Waals surface area contributed by atoms with Gasteiger partial charge in [-0.1, -0.05) is 22.0 Å². The minimum Gasteiger partial charge on any atom is -0.399 e. The number of carbonyl (C=O) groups excluding carboxylic acids is 1. The molecule has 0 radical (unpaired) electrons. The molecule has 2 aromatic carbocycles. The summed E-state index contributed by atoms with van der Waals surface area (Å²) in [6.45, 7) is 2.54. The lowest BCUT2D eigenvalue weighted by molar-refractivity contribution is 0.0988. The number of nitrogen functional groups attached to an aromatic ring is 1. The number of nitrogens with zero attached hydrogens (tertiary/aromatic N) is 1. The van der Waals surface area contributed by atoms with Gasteiger partial charge in [0.05, 0.1) is 0 Å². The molecule has 98 valence electrons. The third-order valence-corrected chi connectivity index (χ3v) is 3.36. The van der Waals surface area contributed by atoms with Crippen LogP contribution in [-0.2, 0) is 0 Å². The first-order valence-electron chi connectivity index (χ1n) is 6.05. The molecule has 0 spiro atoms. The molecule has 0 unspecified atom stereocenters. The van der Waals surface area contributed by atoms with Crippen LogP contribution in [0, 0.1) is 0 Å². The van der Waals surface area contributed by atoms with Crippen LogP contribution in [-0.4, -0.2) is 12.5 Å². The number of hydrogen-bond acceptors (Lipinski definition) is 2. The number of carbonyl (C=O) groups is 1. The predicted molar refractivity (Wildman–Crippen MR) is 82.3 cm³/mol. The highest BCUT2D eigenvalue weighted by Crippen LogP contribution is 2.20. The van der Waals surface area contributed by atoms with Gasteiger partial charge in [-0.2, -0.15) is 0 Å². The van der Waals surface area contributed by atoms with Crippen molar-refractivity contribution in [2.75, 3.05) is 17.2 Å². The van der Waals surface area contributed by atoms with Crippen molar-refractivity contribution in [3.8, 4) is 0 Å². The van der Waals surface area contributed by atoms with Crippen LogP contribution < -0.4 is 10.6 Å². The normalized spacial score (nSPS) is 10.2. The lowest BCUT2D eigenvalue weighted by Crippen LogP contribution is -2.30. The van der Waals surface area contributed by atoms with Gasteiger partial charge in [-0.05, 0) is 49.4 Å². The van der Waals surface area contributed by atoms with Crippen LogP contribution in [0.4, 0.5) is 11.4 Å². The number of anilines is 2. The largest absolute Gasteiger partial charge is 0.399 e. The molecule has 3 nitrogen and oxygen atoms in total. The molecule has 0 atom stereocenters. The molecule has 2 N–H and O–H groups in total. The summed E-state index contributed by atoms with van der Waals surface area (Å²) in [7, 11) is 0. The van der Waals surface area contributed by atoms with E-state index in [2.05, 4.69) is 15.9 Å². The van der Waals surface area contributed by atoms with E-state index in [1.54, 1.807) is 29.2 Å². The average Bonchev–Trinajstić information content (AvgIpc) is 2.40. The van der Waals surface area contributed by atoms with Crippen molar-refractivity contribution in [3.63, 3.8) is 0 Å². The first kappa shape index (κ1) is 13.6. The van der Waals surface area contributed by atoms with E-state index >= 15 is 0 Å². The van der Waals surface area contributed by atoms with Crippen molar-refractivity contribution in [2.24, 2.45) is 0 Å². The van der Waals surface area contributed by atoms with E-state index in [-0.39, 0.29) is 5.91 Å². The zero-order valence-corrected chi connectivity index (χ0v) is 12.2. The monoisotopic (exact) mass is 318 g/mol. The third kappa shape index (κ3) is 3.15. The van der Waals surface area contributed by atoms with Gasteiger partial charge in [0.1, 0.15) is 0 Å². The number of benzene rings is 2. The summed E-state index contributed by atoms with van der Waals surface area (Å²) in [6, 6.07) is 14.7. The smallest absolute Gasteiger partial charge is 0.258 e. The van der Waals surface area contributed by atoms with Crippen LogP contribution in [0.2, 0.25) is 0 Å². The van der Waals surface area contributed by atoms with Crippen LogP contribution in [0.15, 0.2) is 53.0 Å². The maximum absolute atomic E-state index is 12.5. The SMILES string of the molecule is CCN(C(=O)c1ccc(Br)cc1)c1cccc(N)c1. The number of nitrogens with two attached hydrogens (primary N) is 1. The molecular weight excluding hydrogens is 304 g/mol. The lowest BCUT2D eigenvalue weighted by Gasteiger charge is -2.21. The molecule has 1 amide bonds. The van der Waals surface area contributed by atoms with E-state index in [1.807, 2.05) is 31.2 Å². The van der Waals surface area contributed by atoms with Gasteiger partial charge < -0.3 is 10.6 Å². The Morgan fingerprint density at radius 1 is 1.21 bits per heavy atom. The zero-order chi connectivity index (χ0) is 13.8. The fourth-order valence-corrected chi connectivity index (χ4v) is 2.15. The van der Waals surface area contributed by atoms with Gasteiger partial charge >= 0.3 is 0 Å². The van der Waals surface area contributed by atoms with Crippen LogP contribution in [0.5, 0.6) is 0 Å². The Hall–Kier alpha value is -1.81. The van der Waals surface area contributed by atoms with Crippen molar-refractivity contribution < 1.29 is 4.79 Å². The topological polar surface area (TPSA) is 46.3 Å². The first-order chi connectivity index (χ1) is 9.11. The summed E-state index contributed by atoms with van der Waals surface area (Å²) in [5.41, 5.74) is 7.89. The second-order valence-electron chi connectivity index (χ2n) is 4.15. The van der Waals surface area contributed by atoms with Crippen LogP contribution in [0.25, 0.3) is 0 Å². The minimum atomic E-state index is -0.0272. The number of hydrogen-bond donors (Lipinski definition) is 1. The number of rotatable bonds is 3. The molecule has 2 rings (SSSR count). The Bertz CT molecular complexity index is 581. The van der Waals surface area contributed by atoms with Crippen LogP contribution >= 0.6 is 15.9 Å². The molecule has 0 aliphatic rings. The zero-order valence-electron chi connectivity index (χ0n) is 10.6. The van der Waals surface area contributed by atoms with E-state index in [9.17, 15) is 4.79 Å². The Morgan fingerprint density at radius 2 is 1.89 bits per heavy atom. The van der Waals surface area contributed by atoms with Gasteiger partial charge in [0, 0.05) is 28.0 Å². The molecular formula is C15H15BrN2O. The molecule has 0 heterocycles. The molecule has 2 aromatic rings. The molecule has 0 bridgehead atoms. The summed E-state index contributed by atoms with van der Waals surface area (Å²) in [6.07, 6.45) is 0. The second-order valence-corrected chi connectivity index (χ2v) is 5.07. The van der Waals surface area contributed by atoms with Crippen molar-refractivity contribution in [2.45, 2.75) is 6.92 Å². The van der Waals surface area contributed by atoms with Crippen molar-refractivity contribution in [1.29, 1.82) is 0 Å². The van der Waals surface area contributed by atoms with Crippen LogP contribution in [0.3, 0.4) is 0 Å². The fourth-order valence-electron chi connectivity index (χ4n) is 1.88. The maximum Gasteiger partial charge on any atom is 0.258 e. The van der Waals surface area contributed by atoms with E-state index < -0.39 is 0 Å². The quantitative estimate of drug-likeness (QED) is 0.877. The Labute approximate surface area is 121 Å². The van der Waals surface area contributed by atoms with E-state index in [1.165, 1.54) is 0 Å². The minimum absolute atomic E-state index is 0.0272. The van der Waals surface area contributed by atoms with Crippen molar-refractivity contribution in [1.82, 2.24) is 0 Å². The molecule has 19 heavy (non-hydrogen) atoms. The van der Waals surface area contributed by atoms with Gasteiger partial charge in [0.2, 0.25) is 0 Å². The van der Waals surface area contributed by atoms with Crippen LogP contribution in [0.1, 0.15) is 17.3 Å². The lowest BCUT2D eigenvalue weighted by atomic mass is 10.1. The average molecular weight is 319 g/mol. The summed E-state index contributed by atoms with van der Waals surface area (Å²) < 4.78 is 0.955. The molecule has 4 heteroatoms. The van der Waals surface area contributed by atoms with Gasteiger partial charge in [-0.25, -0.2) is 0 Å². The maximum atomic E-state index is 12.5. The fraction of sp³-hybridized carbons (Fsp3) is 0.133. The van der Waals surface area contributed by atoms with Gasteiger partial charge in [0.25, 0.3) is 5.91 Å². The molecule has 0 aliphatic carbocycles. The summed E-state index contributed by atoms with van der Waals surface area (Å²) >= 11 is 3.36. The molecule has 0 saturated heterocycles. The van der Waals surface area contributed by atoms with E-state index in [0.29, 0.717) is 17.8 Å². The Morgan fingerprint density at radius 3 is 2.47 bits per heavy atom. The highest BCUT2D eigenvalue weighted by molar-refractivity contribution is 9.10. The third-order valence-electron chi connectivity index (χ3n) is 2.83. The van der Waals surface area contributed by atoms with E-state index in [4.69, 9.17) is 5.73 Å². The second kappa shape index (κ2) is 5.89. The number of halogens is 1. The van der Waals surface area contributed by atoms with Crippen molar-refractivity contribution >= 4 is 33.2 Å². The van der Waals surface area contributed by atoms with Gasteiger partial charge in [-0.15, -0.1) is 0 Å². The Balaban J connectivity index is 2.31. The summed E-state index contributed by atoms with van der Waals surface area (Å²) in [4.78, 5) is 14.2. The summed E-state index contributed by atoms with van der Waals surface area (Å²) in [5.74, 6) is -0.0272. The Kier molecular flexibility index (Phi) is 4.22. The van der Waals surface area contributed by atoms with E-state index in [0.717, 1.165) is 10.2 Å². The molecule has 0 aromatic heterocycles. The molecule has 0 saturated carbocycles. The highest BCUT2D eigenvalue weighted by atomic mass is 79.9.